The zero-order valence-corrected chi connectivity index (χ0v) is 23.9. The molecule has 3 aromatic heterocycles. The maximum atomic E-state index is 14.6. The molecular formula is C29H33FN6O3S. The first-order valence-electron chi connectivity index (χ1n) is 13.8. The van der Waals surface area contributed by atoms with Crippen molar-refractivity contribution in [1.82, 2.24) is 24.3 Å². The summed E-state index contributed by atoms with van der Waals surface area (Å²) in [6, 6.07) is 3.02. The van der Waals surface area contributed by atoms with Gasteiger partial charge in [-0.2, -0.15) is 5.10 Å². The number of nitrogens with zero attached hydrogens (tertiary/aromatic N) is 5. The smallest absolute Gasteiger partial charge is 0.343 e. The van der Waals surface area contributed by atoms with Crippen LogP contribution in [0.4, 0.5) is 10.2 Å². The average molecular weight is 565 g/mol. The van der Waals surface area contributed by atoms with Crippen molar-refractivity contribution in [3.05, 3.63) is 53.4 Å². The topological polar surface area (TPSA) is 102 Å². The summed E-state index contributed by atoms with van der Waals surface area (Å²) in [5.74, 6) is 7.45. The van der Waals surface area contributed by atoms with Crippen LogP contribution in [0.15, 0.2) is 30.7 Å². The summed E-state index contributed by atoms with van der Waals surface area (Å²) in [6.45, 7) is 8.56. The van der Waals surface area contributed by atoms with E-state index in [1.54, 1.807) is 17.6 Å². The summed E-state index contributed by atoms with van der Waals surface area (Å²) in [6.07, 6.45) is 7.55. The molecule has 210 valence electrons. The molecule has 0 amide bonds. The lowest BCUT2D eigenvalue weighted by molar-refractivity contribution is 0.0528. The van der Waals surface area contributed by atoms with Crippen molar-refractivity contribution in [2.45, 2.75) is 63.8 Å². The maximum Gasteiger partial charge on any atom is 0.343 e. The molecule has 6 rings (SSSR count). The summed E-state index contributed by atoms with van der Waals surface area (Å²) >= 11 is 0. The summed E-state index contributed by atoms with van der Waals surface area (Å²) < 4.78 is 36.9. The lowest BCUT2D eigenvalue weighted by Crippen LogP contribution is -2.40. The third kappa shape index (κ3) is 5.22. The Hall–Kier alpha value is -3.36. The highest BCUT2D eigenvalue weighted by atomic mass is 32.2. The second-order valence-electron chi connectivity index (χ2n) is 11.8. The number of ether oxygens (including phenoxy) is 1. The predicted octanol–water partition coefficient (Wildman–Crippen LogP) is 3.82. The second kappa shape index (κ2) is 10.2. The zero-order valence-electron chi connectivity index (χ0n) is 23.1. The standard InChI is InChI=1S/C29H33FN6O3S/c1-5-39-28(37)22-15-32-36-11-10-25(33-27(22)36)35-16-18-12-20(18)26(35)21-13-19(30)14-31-24(21)9-8-23(17-6-7-17)34-40(38)29(2,3)4/h10-11,13-15,17-18,20,23,26,34H,5-7,12,16H2,1-4H3/t18?,20?,23-,26?,40+/m0/s1. The van der Waals surface area contributed by atoms with Gasteiger partial charge in [0.15, 0.2) is 5.65 Å². The van der Waals surface area contributed by atoms with Crippen LogP contribution in [-0.4, -0.2) is 53.7 Å². The molecule has 4 heterocycles. The molecule has 1 saturated heterocycles. The van der Waals surface area contributed by atoms with Crippen molar-refractivity contribution in [3.63, 3.8) is 0 Å². The van der Waals surface area contributed by atoms with Crippen molar-refractivity contribution in [2.75, 3.05) is 18.1 Å². The van der Waals surface area contributed by atoms with Gasteiger partial charge in [-0.25, -0.2) is 32.6 Å². The number of fused-ring (bicyclic) bond motifs is 2. The van der Waals surface area contributed by atoms with Gasteiger partial charge in [0.1, 0.15) is 22.9 Å². The number of carbonyl (C=O) groups is 1. The van der Waals surface area contributed by atoms with Crippen LogP contribution in [0, 0.1) is 35.4 Å². The molecule has 2 aliphatic carbocycles. The van der Waals surface area contributed by atoms with Crippen LogP contribution in [0.5, 0.6) is 0 Å². The van der Waals surface area contributed by atoms with Crippen LogP contribution in [0.25, 0.3) is 5.65 Å². The van der Waals surface area contributed by atoms with Crippen LogP contribution >= 0.6 is 0 Å². The van der Waals surface area contributed by atoms with Crippen molar-refractivity contribution < 1.29 is 18.1 Å². The molecule has 40 heavy (non-hydrogen) atoms. The van der Waals surface area contributed by atoms with E-state index in [0.29, 0.717) is 40.5 Å². The molecule has 3 aliphatic rings. The third-order valence-corrected chi connectivity index (χ3v) is 9.31. The molecule has 11 heteroatoms. The van der Waals surface area contributed by atoms with E-state index in [1.165, 1.54) is 18.5 Å². The normalized spacial score (nSPS) is 23.3. The van der Waals surface area contributed by atoms with Gasteiger partial charge < -0.3 is 9.64 Å². The lowest BCUT2D eigenvalue weighted by Gasteiger charge is -2.29. The molecule has 9 nitrogen and oxygen atoms in total. The minimum atomic E-state index is -1.25. The number of hydrogen-bond acceptors (Lipinski definition) is 7. The van der Waals surface area contributed by atoms with E-state index >= 15 is 0 Å². The van der Waals surface area contributed by atoms with E-state index in [1.807, 2.05) is 26.8 Å². The fourth-order valence-electron chi connectivity index (χ4n) is 5.37. The van der Waals surface area contributed by atoms with Gasteiger partial charge in [0, 0.05) is 18.3 Å². The first-order valence-corrected chi connectivity index (χ1v) is 14.9. The summed E-state index contributed by atoms with van der Waals surface area (Å²) in [5.41, 5.74) is 1.97. The van der Waals surface area contributed by atoms with Crippen LogP contribution in [-0.2, 0) is 15.7 Å². The molecule has 1 N–H and O–H groups in total. The van der Waals surface area contributed by atoms with E-state index < -0.39 is 27.5 Å². The monoisotopic (exact) mass is 564 g/mol. The number of piperidine rings is 1. The fourth-order valence-corrected chi connectivity index (χ4v) is 6.20. The minimum Gasteiger partial charge on any atom is -0.462 e. The van der Waals surface area contributed by atoms with Gasteiger partial charge in [-0.1, -0.05) is 5.92 Å². The molecule has 3 fully saturated rings. The van der Waals surface area contributed by atoms with Gasteiger partial charge in [0.2, 0.25) is 0 Å². The Kier molecular flexibility index (Phi) is 6.87. The highest BCUT2D eigenvalue weighted by molar-refractivity contribution is 7.84. The molecule has 5 atom stereocenters. The molecule has 0 spiro atoms. The van der Waals surface area contributed by atoms with Gasteiger partial charge in [0.05, 0.1) is 46.8 Å². The number of carbonyl (C=O) groups excluding carboxylic acids is 1. The van der Waals surface area contributed by atoms with Crippen LogP contribution < -0.4 is 9.62 Å². The molecule has 0 aromatic carbocycles. The number of nitrogens with one attached hydrogen (secondary N) is 1. The SMILES string of the molecule is CCOC(=O)c1cnn2ccc(N3CC4CC4C3c3cc(F)cnc3C#C[C@H](N[S@](=O)C(C)(C)C)C3CC3)nc12. The number of hydrogen-bond donors (Lipinski definition) is 1. The van der Waals surface area contributed by atoms with Crippen LogP contribution in [0.2, 0.25) is 0 Å². The molecule has 3 unspecified atom stereocenters. The summed E-state index contributed by atoms with van der Waals surface area (Å²) in [7, 11) is -1.25. The molecule has 2 saturated carbocycles. The quantitative estimate of drug-likeness (QED) is 0.344. The Labute approximate surface area is 235 Å². The highest BCUT2D eigenvalue weighted by Crippen LogP contribution is 2.57. The van der Waals surface area contributed by atoms with Gasteiger partial charge in [0.25, 0.3) is 0 Å². The van der Waals surface area contributed by atoms with E-state index in [4.69, 9.17) is 9.72 Å². The Bertz CT molecular complexity index is 1550. The summed E-state index contributed by atoms with van der Waals surface area (Å²) in [5, 5.41) is 4.24. The van der Waals surface area contributed by atoms with E-state index in [9.17, 15) is 13.4 Å². The molecule has 0 bridgehead atoms. The third-order valence-electron chi connectivity index (χ3n) is 7.73. The van der Waals surface area contributed by atoms with Crippen LogP contribution in [0.1, 0.15) is 74.6 Å². The predicted molar refractivity (Wildman–Crippen MR) is 149 cm³/mol. The first-order chi connectivity index (χ1) is 19.1. The van der Waals surface area contributed by atoms with E-state index in [0.717, 1.165) is 31.4 Å². The number of aromatic nitrogens is 4. The Morgan fingerprint density at radius 1 is 1.32 bits per heavy atom. The Morgan fingerprint density at radius 3 is 2.85 bits per heavy atom. The zero-order chi connectivity index (χ0) is 28.2. The molecule has 3 aromatic rings. The molecule has 0 radical (unpaired) electrons. The fraction of sp³-hybridized carbons (Fsp3) is 0.517. The highest BCUT2D eigenvalue weighted by Gasteiger charge is 2.54. The number of esters is 1. The first kappa shape index (κ1) is 26.8. The van der Waals surface area contributed by atoms with Gasteiger partial charge in [-0.15, -0.1) is 0 Å². The van der Waals surface area contributed by atoms with Crippen molar-refractivity contribution in [2.24, 2.45) is 17.8 Å². The molecular weight excluding hydrogens is 531 g/mol. The van der Waals surface area contributed by atoms with Gasteiger partial charge >= 0.3 is 5.97 Å². The van der Waals surface area contributed by atoms with Crippen molar-refractivity contribution in [3.8, 4) is 11.8 Å². The maximum absolute atomic E-state index is 14.6. The van der Waals surface area contributed by atoms with Crippen LogP contribution in [0.3, 0.4) is 0 Å². The number of pyridine rings is 1. The average Bonchev–Trinajstić information content (AvgIpc) is 3.83. The molecule has 1 aliphatic heterocycles. The second-order valence-corrected chi connectivity index (χ2v) is 13.8. The number of anilines is 1. The lowest BCUT2D eigenvalue weighted by atomic mass is 10.00. The number of rotatable bonds is 7. The Morgan fingerprint density at radius 2 is 2.12 bits per heavy atom. The minimum absolute atomic E-state index is 0.155. The Balaban J connectivity index is 1.34. The van der Waals surface area contributed by atoms with Gasteiger partial charge in [-0.05, 0) is 82.8 Å². The van der Waals surface area contributed by atoms with E-state index in [-0.39, 0.29) is 18.7 Å². The number of halogens is 1. The largest absolute Gasteiger partial charge is 0.462 e. The summed E-state index contributed by atoms with van der Waals surface area (Å²) in [4.78, 5) is 23.8. The van der Waals surface area contributed by atoms with E-state index in [2.05, 4.69) is 31.5 Å². The van der Waals surface area contributed by atoms with Crippen molar-refractivity contribution in [1.29, 1.82) is 0 Å². The van der Waals surface area contributed by atoms with Crippen molar-refractivity contribution >= 4 is 28.4 Å². The van der Waals surface area contributed by atoms with Gasteiger partial charge in [-0.3, -0.25) is 0 Å².